The number of benzene rings is 2. The SMILES string of the molecule is CCN1/C(=C/C=C/c2oc3ccccc3[n+]2CC)N(CCCS(=O)(=O)O)c2cc(Cl)c(Cl)cc21. The van der Waals surface area contributed by atoms with Crippen LogP contribution in [0.5, 0.6) is 0 Å². The highest BCUT2D eigenvalue weighted by molar-refractivity contribution is 7.85. The number of oxazole rings is 1. The predicted octanol–water partition coefficient (Wildman–Crippen LogP) is 5.53. The molecule has 0 spiro atoms. The summed E-state index contributed by atoms with van der Waals surface area (Å²) in [6.07, 6.45) is 6.01. The monoisotopic (exact) mass is 522 g/mol. The highest BCUT2D eigenvalue weighted by Gasteiger charge is 2.31. The lowest BCUT2D eigenvalue weighted by molar-refractivity contribution is -0.674. The van der Waals surface area contributed by atoms with Crippen LogP contribution in [-0.4, -0.2) is 31.8 Å². The third-order valence-electron chi connectivity index (χ3n) is 5.69. The first-order valence-corrected chi connectivity index (χ1v) is 13.4. The van der Waals surface area contributed by atoms with Crippen molar-refractivity contribution in [2.75, 3.05) is 28.6 Å². The standard InChI is InChI=1S/C24H25Cl2N3O4S/c1-3-27-20-15-17(25)18(26)16-21(20)29(13-8-14-34(30,31)32)23(27)11-7-12-24-28(4-2)19-9-5-6-10-22(19)33-24/h5-7,9-12,15-16H,3-4,8,13-14H2,1-2H3/p+1. The van der Waals surface area contributed by atoms with Gasteiger partial charge in [-0.3, -0.25) is 4.55 Å². The lowest BCUT2D eigenvalue weighted by Crippen LogP contribution is -2.33. The maximum Gasteiger partial charge on any atom is 0.374 e. The Balaban J connectivity index is 1.71. The van der Waals surface area contributed by atoms with E-state index in [4.69, 9.17) is 27.6 Å². The maximum absolute atomic E-state index is 11.3. The second-order valence-electron chi connectivity index (χ2n) is 7.83. The molecule has 0 saturated carbocycles. The van der Waals surface area contributed by atoms with Crippen LogP contribution in [0.3, 0.4) is 0 Å². The molecule has 3 aromatic rings. The summed E-state index contributed by atoms with van der Waals surface area (Å²) in [7, 11) is -4.05. The van der Waals surface area contributed by atoms with Crippen molar-refractivity contribution in [1.82, 2.24) is 0 Å². The van der Waals surface area contributed by atoms with Gasteiger partial charge >= 0.3 is 5.89 Å². The van der Waals surface area contributed by atoms with Gasteiger partial charge in [-0.15, -0.1) is 0 Å². The van der Waals surface area contributed by atoms with Crippen molar-refractivity contribution in [2.45, 2.75) is 26.8 Å². The van der Waals surface area contributed by atoms with Crippen LogP contribution in [-0.2, 0) is 16.7 Å². The molecule has 0 bridgehead atoms. The highest BCUT2D eigenvalue weighted by Crippen LogP contribution is 2.45. The average molecular weight is 523 g/mol. The zero-order valence-corrected chi connectivity index (χ0v) is 21.2. The Bertz CT molecular complexity index is 1380. The number of anilines is 2. The van der Waals surface area contributed by atoms with Crippen molar-refractivity contribution in [3.05, 3.63) is 70.3 Å². The van der Waals surface area contributed by atoms with Gasteiger partial charge in [0.25, 0.3) is 15.6 Å². The van der Waals surface area contributed by atoms with Crippen LogP contribution in [0.2, 0.25) is 10.0 Å². The summed E-state index contributed by atoms with van der Waals surface area (Å²) in [5.41, 5.74) is 3.56. The molecule has 2 aromatic carbocycles. The topological polar surface area (TPSA) is 77.9 Å². The Morgan fingerprint density at radius 2 is 1.76 bits per heavy atom. The summed E-state index contributed by atoms with van der Waals surface area (Å²) >= 11 is 12.6. The van der Waals surface area contributed by atoms with E-state index < -0.39 is 10.1 Å². The highest BCUT2D eigenvalue weighted by atomic mass is 35.5. The summed E-state index contributed by atoms with van der Waals surface area (Å²) < 4.78 is 39.8. The lowest BCUT2D eigenvalue weighted by atomic mass is 10.2. The summed E-state index contributed by atoms with van der Waals surface area (Å²) in [4.78, 5) is 4.07. The van der Waals surface area contributed by atoms with Crippen LogP contribution in [0.15, 0.2) is 58.8 Å². The summed E-state index contributed by atoms with van der Waals surface area (Å²) in [5, 5.41) is 0.860. The smallest absolute Gasteiger partial charge is 0.374 e. The van der Waals surface area contributed by atoms with E-state index in [0.29, 0.717) is 23.1 Å². The number of rotatable bonds is 8. The quantitative estimate of drug-likeness (QED) is 0.309. The zero-order valence-electron chi connectivity index (χ0n) is 18.9. The normalized spacial score (nSPS) is 15.3. The molecule has 0 radical (unpaired) electrons. The number of hydrogen-bond donors (Lipinski definition) is 1. The van der Waals surface area contributed by atoms with Gasteiger partial charge in [0, 0.05) is 19.2 Å². The Morgan fingerprint density at radius 1 is 1.09 bits per heavy atom. The van der Waals surface area contributed by atoms with E-state index in [1.807, 2.05) is 60.4 Å². The second kappa shape index (κ2) is 10.00. The van der Waals surface area contributed by atoms with Gasteiger partial charge in [0.05, 0.1) is 33.2 Å². The number of fused-ring (bicyclic) bond motifs is 2. The number of nitrogens with zero attached hydrogens (tertiary/aromatic N) is 3. The molecule has 0 fully saturated rings. The van der Waals surface area contributed by atoms with E-state index in [0.717, 1.165) is 40.7 Å². The molecule has 0 unspecified atom stereocenters. The van der Waals surface area contributed by atoms with Gasteiger partial charge in [-0.1, -0.05) is 35.3 Å². The third-order valence-corrected chi connectivity index (χ3v) is 7.22. The first-order chi connectivity index (χ1) is 16.2. The van der Waals surface area contributed by atoms with Gasteiger partial charge in [0.15, 0.2) is 0 Å². The van der Waals surface area contributed by atoms with Crippen LogP contribution in [0.4, 0.5) is 11.4 Å². The number of aromatic nitrogens is 1. The fourth-order valence-corrected chi connectivity index (χ4v) is 5.03. The van der Waals surface area contributed by atoms with Crippen LogP contribution >= 0.6 is 23.2 Å². The fraction of sp³-hybridized carbons (Fsp3) is 0.292. The first kappa shape index (κ1) is 24.6. The molecule has 0 aliphatic carbocycles. The van der Waals surface area contributed by atoms with E-state index in [-0.39, 0.29) is 12.2 Å². The molecule has 1 aliphatic heterocycles. The van der Waals surface area contributed by atoms with E-state index in [2.05, 4.69) is 16.4 Å². The summed E-state index contributed by atoms with van der Waals surface area (Å²) in [6.45, 7) is 5.89. The second-order valence-corrected chi connectivity index (χ2v) is 10.2. The molecular formula is C24H26Cl2N3O4S+. The van der Waals surface area contributed by atoms with Crippen molar-refractivity contribution in [3.8, 4) is 0 Å². The Labute approximate surface area is 209 Å². The molecule has 2 heterocycles. The molecule has 1 N–H and O–H groups in total. The molecule has 10 heteroatoms. The van der Waals surface area contributed by atoms with E-state index in [1.165, 1.54) is 0 Å². The molecule has 0 saturated heterocycles. The lowest BCUT2D eigenvalue weighted by Gasteiger charge is -2.24. The molecule has 1 aliphatic rings. The number of halogens is 2. The summed E-state index contributed by atoms with van der Waals surface area (Å²) in [6, 6.07) is 11.5. The Morgan fingerprint density at radius 3 is 2.41 bits per heavy atom. The van der Waals surface area contributed by atoms with E-state index in [1.54, 1.807) is 6.07 Å². The number of hydrogen-bond acceptors (Lipinski definition) is 5. The van der Waals surface area contributed by atoms with Gasteiger partial charge in [0.2, 0.25) is 5.58 Å². The minimum atomic E-state index is -4.05. The minimum Gasteiger partial charge on any atom is -0.398 e. The average Bonchev–Trinajstić information content (AvgIpc) is 3.28. The van der Waals surface area contributed by atoms with Crippen molar-refractivity contribution in [2.24, 2.45) is 0 Å². The molecule has 1 aromatic heterocycles. The number of allylic oxidation sites excluding steroid dienone is 2. The van der Waals surface area contributed by atoms with Crippen molar-refractivity contribution < 1.29 is 22.0 Å². The molecule has 0 atom stereocenters. The molecule has 7 nitrogen and oxygen atoms in total. The largest absolute Gasteiger partial charge is 0.398 e. The first-order valence-electron chi connectivity index (χ1n) is 11.0. The van der Waals surface area contributed by atoms with E-state index >= 15 is 0 Å². The zero-order chi connectivity index (χ0) is 24.5. The van der Waals surface area contributed by atoms with Gasteiger partial charge in [-0.05, 0) is 50.6 Å². The summed E-state index contributed by atoms with van der Waals surface area (Å²) in [5.74, 6) is 1.25. The van der Waals surface area contributed by atoms with Crippen LogP contribution in [0, 0.1) is 0 Å². The van der Waals surface area contributed by atoms with Crippen molar-refractivity contribution in [3.63, 3.8) is 0 Å². The maximum atomic E-state index is 11.3. The van der Waals surface area contributed by atoms with Crippen molar-refractivity contribution in [1.29, 1.82) is 0 Å². The predicted molar refractivity (Wildman–Crippen MR) is 137 cm³/mol. The van der Waals surface area contributed by atoms with Gasteiger partial charge in [-0.2, -0.15) is 13.0 Å². The molecular weight excluding hydrogens is 497 g/mol. The minimum absolute atomic E-state index is 0.247. The molecule has 4 rings (SSSR count). The van der Waals surface area contributed by atoms with E-state index in [9.17, 15) is 13.0 Å². The Hall–Kier alpha value is -2.52. The van der Waals surface area contributed by atoms with Gasteiger partial charge in [0.1, 0.15) is 12.4 Å². The molecule has 180 valence electrons. The van der Waals surface area contributed by atoms with Crippen molar-refractivity contribution >= 4 is 61.9 Å². The molecule has 34 heavy (non-hydrogen) atoms. The van der Waals surface area contributed by atoms with Gasteiger partial charge in [-0.25, -0.2) is 0 Å². The fourth-order valence-electron chi connectivity index (χ4n) is 4.22. The molecule has 0 amide bonds. The number of aryl methyl sites for hydroxylation is 1. The van der Waals surface area contributed by atoms with Crippen LogP contribution in [0.25, 0.3) is 17.2 Å². The number of para-hydroxylation sites is 2. The Kier molecular flexibility index (Phi) is 7.23. The van der Waals surface area contributed by atoms with Crippen LogP contribution < -0.4 is 14.4 Å². The third kappa shape index (κ3) is 4.95. The van der Waals surface area contributed by atoms with Crippen LogP contribution in [0.1, 0.15) is 26.2 Å². The van der Waals surface area contributed by atoms with Gasteiger partial charge < -0.3 is 14.2 Å².